The predicted octanol–water partition coefficient (Wildman–Crippen LogP) is 1.80. The van der Waals surface area contributed by atoms with E-state index < -0.39 is 12.1 Å². The molecule has 0 radical (unpaired) electrons. The van der Waals surface area contributed by atoms with Gasteiger partial charge in [0.2, 0.25) is 0 Å². The third kappa shape index (κ3) is 18.1. The largest absolute Gasteiger partial charge is 0.319 e. The van der Waals surface area contributed by atoms with Crippen LogP contribution in [-0.2, 0) is 9.59 Å². The summed E-state index contributed by atoms with van der Waals surface area (Å²) >= 11 is 22.7. The fourth-order valence-corrected chi connectivity index (χ4v) is 4.79. The van der Waals surface area contributed by atoms with E-state index in [2.05, 4.69) is 10.9 Å². The molecule has 0 spiro atoms. The Hall–Kier alpha value is 1.60. The maximum absolute atomic E-state index is 12.1. The second kappa shape index (κ2) is 23.7. The monoisotopic (exact) mass is 676 g/mol. The highest BCUT2D eigenvalue weighted by molar-refractivity contribution is 8.93. The molecule has 0 aliphatic rings. The molecular weight excluding hydrogens is 650 g/mol. The second-order valence-electron chi connectivity index (χ2n) is 5.46. The number of carbonyl (C=O) groups is 2. The smallest absolute Gasteiger partial charge is 0.252 e. The first-order valence-corrected chi connectivity index (χ1v) is 13.1. The standard InChI is InChI=1S/C14H28Cl4N6O2S2.2BrH/c15-1-5-23(6-2-16)21-13(25)11(19)9-27-28-10-12(20)14(26)22-24(7-3-17)8-4-18;;/h11-12H,1-10,19-20H2,(H,21,25)(H,22,26);2*1H/t11-,12-;;/m0../s1. The minimum atomic E-state index is -0.710. The van der Waals surface area contributed by atoms with Crippen molar-refractivity contribution in [2.24, 2.45) is 11.5 Å². The highest BCUT2D eigenvalue weighted by Crippen LogP contribution is 2.22. The maximum Gasteiger partial charge on any atom is 0.252 e. The lowest BCUT2D eigenvalue weighted by atomic mass is 10.3. The van der Waals surface area contributed by atoms with Crippen LogP contribution in [-0.4, -0.2) is 95.1 Å². The molecule has 0 heterocycles. The lowest BCUT2D eigenvalue weighted by Gasteiger charge is -2.23. The number of nitrogens with zero attached hydrogens (tertiary/aromatic N) is 2. The summed E-state index contributed by atoms with van der Waals surface area (Å²) in [6.45, 7) is 1.90. The molecule has 0 fully saturated rings. The maximum atomic E-state index is 12.1. The van der Waals surface area contributed by atoms with Gasteiger partial charge in [0.15, 0.2) is 0 Å². The average molecular weight is 680 g/mol. The molecule has 2 amide bonds. The molecule has 182 valence electrons. The molecule has 0 aromatic heterocycles. The van der Waals surface area contributed by atoms with Crippen molar-refractivity contribution < 1.29 is 9.59 Å². The molecule has 0 bridgehead atoms. The summed E-state index contributed by atoms with van der Waals surface area (Å²) in [5.74, 6) is 1.56. The number of alkyl halides is 4. The van der Waals surface area contributed by atoms with E-state index in [1.165, 1.54) is 21.6 Å². The number of hydrogen-bond acceptors (Lipinski definition) is 8. The molecule has 0 aromatic rings. The number of hydrogen-bond donors (Lipinski definition) is 4. The van der Waals surface area contributed by atoms with Gasteiger partial charge < -0.3 is 11.5 Å². The Labute approximate surface area is 227 Å². The average Bonchev–Trinajstić information content (AvgIpc) is 2.65. The Bertz CT molecular complexity index is 405. The van der Waals surface area contributed by atoms with Crippen LogP contribution in [0, 0.1) is 0 Å². The van der Waals surface area contributed by atoms with E-state index in [1.807, 2.05) is 0 Å². The van der Waals surface area contributed by atoms with Crippen LogP contribution < -0.4 is 22.3 Å². The van der Waals surface area contributed by atoms with Crippen LogP contribution in [0.1, 0.15) is 0 Å². The van der Waals surface area contributed by atoms with Crippen molar-refractivity contribution in [2.75, 3.05) is 61.2 Å². The van der Waals surface area contributed by atoms with Crippen LogP contribution in [0.25, 0.3) is 0 Å². The fourth-order valence-electron chi connectivity index (χ4n) is 1.73. The molecule has 0 saturated heterocycles. The minimum absolute atomic E-state index is 0. The zero-order chi connectivity index (χ0) is 21.4. The van der Waals surface area contributed by atoms with Gasteiger partial charge in [-0.3, -0.25) is 20.4 Å². The van der Waals surface area contributed by atoms with Crippen molar-refractivity contribution >= 4 is 114 Å². The predicted molar refractivity (Wildman–Crippen MR) is 144 cm³/mol. The van der Waals surface area contributed by atoms with Crippen LogP contribution in [0.2, 0.25) is 0 Å². The van der Waals surface area contributed by atoms with Crippen LogP contribution >= 0.6 is 102 Å². The number of amides is 2. The van der Waals surface area contributed by atoms with Gasteiger partial charge >= 0.3 is 0 Å². The van der Waals surface area contributed by atoms with Crippen molar-refractivity contribution in [3.63, 3.8) is 0 Å². The van der Waals surface area contributed by atoms with Gasteiger partial charge in [0.1, 0.15) is 0 Å². The number of nitrogens with one attached hydrogen (secondary N) is 2. The first kappa shape index (κ1) is 36.2. The minimum Gasteiger partial charge on any atom is -0.319 e. The Balaban J connectivity index is -0.00000364. The van der Waals surface area contributed by atoms with Crippen molar-refractivity contribution in [3.05, 3.63) is 0 Å². The van der Waals surface area contributed by atoms with Gasteiger partial charge in [0, 0.05) is 61.2 Å². The normalized spacial score (nSPS) is 12.7. The van der Waals surface area contributed by atoms with E-state index in [9.17, 15) is 9.59 Å². The SMILES string of the molecule is Br.Br.N[C@@H](CSSC[C@H](N)C(=O)NN(CCCl)CCCl)C(=O)NN(CCCl)CCCl. The third-order valence-electron chi connectivity index (χ3n) is 3.21. The number of nitrogens with two attached hydrogens (primary N) is 2. The molecule has 0 aromatic carbocycles. The second-order valence-corrected chi connectivity index (χ2v) is 9.53. The highest BCUT2D eigenvalue weighted by Gasteiger charge is 2.19. The van der Waals surface area contributed by atoms with Crippen molar-refractivity contribution in [3.8, 4) is 0 Å². The molecule has 8 nitrogen and oxygen atoms in total. The Morgan fingerprint density at radius 2 is 0.967 bits per heavy atom. The van der Waals surface area contributed by atoms with Crippen molar-refractivity contribution in [1.29, 1.82) is 0 Å². The van der Waals surface area contributed by atoms with Crippen molar-refractivity contribution in [1.82, 2.24) is 20.9 Å². The van der Waals surface area contributed by atoms with Gasteiger partial charge in [-0.05, 0) is 0 Å². The summed E-state index contributed by atoms with van der Waals surface area (Å²) < 4.78 is 0. The summed E-state index contributed by atoms with van der Waals surface area (Å²) in [6, 6.07) is -1.42. The summed E-state index contributed by atoms with van der Waals surface area (Å²) in [7, 11) is 2.75. The van der Waals surface area contributed by atoms with Gasteiger partial charge in [0.25, 0.3) is 11.8 Å². The Kier molecular flexibility index (Phi) is 28.6. The molecule has 2 atom stereocenters. The molecule has 0 aliphatic carbocycles. The molecule has 0 saturated carbocycles. The van der Waals surface area contributed by atoms with E-state index in [-0.39, 0.29) is 45.8 Å². The Morgan fingerprint density at radius 1 is 0.700 bits per heavy atom. The molecule has 6 N–H and O–H groups in total. The first-order valence-electron chi connectivity index (χ1n) is 8.49. The topological polar surface area (TPSA) is 117 Å². The molecular formula is C14H30Br2Cl4N6O2S2. The zero-order valence-corrected chi connectivity index (χ0v) is 24.3. The van der Waals surface area contributed by atoms with Crippen LogP contribution in [0.3, 0.4) is 0 Å². The quantitative estimate of drug-likeness (QED) is 0.0797. The fraction of sp³-hybridized carbons (Fsp3) is 0.857. The van der Waals surface area contributed by atoms with Gasteiger partial charge in [-0.25, -0.2) is 10.0 Å². The number of rotatable bonds is 17. The third-order valence-corrected chi connectivity index (χ3v) is 6.36. The van der Waals surface area contributed by atoms with Gasteiger partial charge in [-0.15, -0.1) is 80.4 Å². The molecule has 0 aliphatic heterocycles. The van der Waals surface area contributed by atoms with Crippen LogP contribution in [0.15, 0.2) is 0 Å². The summed E-state index contributed by atoms with van der Waals surface area (Å²) in [5, 5.41) is 3.27. The zero-order valence-electron chi connectivity index (χ0n) is 16.2. The molecule has 0 rings (SSSR count). The van der Waals surface area contributed by atoms with Gasteiger partial charge in [-0.1, -0.05) is 21.6 Å². The van der Waals surface area contributed by atoms with E-state index >= 15 is 0 Å². The Morgan fingerprint density at radius 3 is 1.20 bits per heavy atom. The van der Waals surface area contributed by atoms with E-state index in [0.717, 1.165) is 0 Å². The lowest BCUT2D eigenvalue weighted by molar-refractivity contribution is -0.127. The highest BCUT2D eigenvalue weighted by atomic mass is 79.9. The summed E-state index contributed by atoms with van der Waals surface area (Å²) in [6.07, 6.45) is 0. The van der Waals surface area contributed by atoms with E-state index in [4.69, 9.17) is 57.9 Å². The molecule has 0 unspecified atom stereocenters. The number of halogens is 6. The van der Waals surface area contributed by atoms with Gasteiger partial charge in [-0.2, -0.15) is 0 Å². The first-order chi connectivity index (χ1) is 13.4. The van der Waals surface area contributed by atoms with Crippen LogP contribution in [0.5, 0.6) is 0 Å². The van der Waals surface area contributed by atoms with Crippen molar-refractivity contribution in [2.45, 2.75) is 12.1 Å². The number of hydrazine groups is 2. The van der Waals surface area contributed by atoms with Gasteiger partial charge in [0.05, 0.1) is 12.1 Å². The molecule has 16 heteroatoms. The lowest BCUT2D eigenvalue weighted by Crippen LogP contribution is -2.52. The summed E-state index contributed by atoms with van der Waals surface area (Å²) in [4.78, 5) is 24.2. The number of carbonyl (C=O) groups excluding carboxylic acids is 2. The van der Waals surface area contributed by atoms with E-state index in [1.54, 1.807) is 10.0 Å². The summed E-state index contributed by atoms with van der Waals surface area (Å²) in [5.41, 5.74) is 17.2. The van der Waals surface area contributed by atoms with Crippen LogP contribution in [0.4, 0.5) is 0 Å². The van der Waals surface area contributed by atoms with E-state index in [0.29, 0.717) is 61.2 Å². The molecule has 30 heavy (non-hydrogen) atoms.